The molecule has 3 aromatic rings. The number of para-hydroxylation sites is 1. The van der Waals surface area contributed by atoms with Crippen molar-refractivity contribution >= 4 is 22.8 Å². The number of rotatable bonds is 2. The normalized spacial score (nSPS) is 13.6. The fourth-order valence-corrected chi connectivity index (χ4v) is 3.06. The minimum Gasteiger partial charge on any atom is -0.358 e. The van der Waals surface area contributed by atoms with E-state index in [9.17, 15) is 9.59 Å². The third kappa shape index (κ3) is 2.62. The summed E-state index contributed by atoms with van der Waals surface area (Å²) >= 11 is 0. The van der Waals surface area contributed by atoms with Gasteiger partial charge in [-0.1, -0.05) is 12.1 Å². The van der Waals surface area contributed by atoms with E-state index in [1.165, 1.54) is 17.9 Å². The summed E-state index contributed by atoms with van der Waals surface area (Å²) in [6.07, 6.45) is 3.36. The van der Waals surface area contributed by atoms with Crippen LogP contribution in [0.2, 0.25) is 0 Å². The maximum atomic E-state index is 12.8. The monoisotopic (exact) mass is 337 g/mol. The molecule has 2 aromatic heterocycles. The first-order valence-corrected chi connectivity index (χ1v) is 7.81. The third-order valence-electron chi connectivity index (χ3n) is 4.36. The van der Waals surface area contributed by atoms with Crippen LogP contribution in [0.25, 0.3) is 10.9 Å². The molecule has 8 nitrogen and oxygen atoms in total. The van der Waals surface area contributed by atoms with Gasteiger partial charge in [0.1, 0.15) is 0 Å². The number of hydroxylamine groups is 1. The van der Waals surface area contributed by atoms with Gasteiger partial charge in [-0.3, -0.25) is 14.8 Å². The second-order valence-electron chi connectivity index (χ2n) is 5.84. The Morgan fingerprint density at radius 1 is 1.24 bits per heavy atom. The van der Waals surface area contributed by atoms with Crippen molar-refractivity contribution in [2.24, 2.45) is 0 Å². The Morgan fingerprint density at radius 2 is 2.00 bits per heavy atom. The maximum Gasteiger partial charge on any atom is 0.277 e. The highest BCUT2D eigenvalue weighted by Gasteiger charge is 2.22. The van der Waals surface area contributed by atoms with Crippen LogP contribution in [0.4, 0.5) is 5.95 Å². The second-order valence-corrected chi connectivity index (χ2v) is 5.84. The molecule has 1 aliphatic rings. The lowest BCUT2D eigenvalue weighted by molar-refractivity contribution is 0.0705. The van der Waals surface area contributed by atoms with Gasteiger partial charge in [0, 0.05) is 47.5 Å². The van der Waals surface area contributed by atoms with E-state index in [1.807, 2.05) is 29.2 Å². The predicted octanol–water partition coefficient (Wildman–Crippen LogP) is 1.000. The molecular formula is C17H15N5O3. The first kappa shape index (κ1) is 15.3. The molecule has 0 unspecified atom stereocenters. The summed E-state index contributed by atoms with van der Waals surface area (Å²) < 4.78 is 0. The van der Waals surface area contributed by atoms with Crippen LogP contribution >= 0.6 is 0 Å². The molecule has 0 spiro atoms. The molecular weight excluding hydrogens is 322 g/mol. The molecule has 1 aromatic carbocycles. The van der Waals surface area contributed by atoms with Crippen LogP contribution in [-0.4, -0.2) is 32.6 Å². The molecule has 0 saturated carbocycles. The molecule has 0 bridgehead atoms. The van der Waals surface area contributed by atoms with Crippen LogP contribution in [-0.2, 0) is 13.0 Å². The summed E-state index contributed by atoms with van der Waals surface area (Å²) in [5.41, 5.74) is 4.22. The number of carbonyl (C=O) groups excluding carboxylic acids is 1. The van der Waals surface area contributed by atoms with Gasteiger partial charge >= 0.3 is 0 Å². The first-order chi connectivity index (χ1) is 12.2. The largest absolute Gasteiger partial charge is 0.358 e. The molecule has 4 rings (SSSR count). The van der Waals surface area contributed by atoms with Crippen LogP contribution in [0.1, 0.15) is 21.6 Å². The molecule has 1 aliphatic heterocycles. The minimum atomic E-state index is -0.668. The molecule has 25 heavy (non-hydrogen) atoms. The average molecular weight is 337 g/mol. The molecule has 0 atom stereocenters. The number of pyridine rings is 1. The lowest BCUT2D eigenvalue weighted by atomic mass is 10.0. The van der Waals surface area contributed by atoms with Crippen molar-refractivity contribution in [2.75, 3.05) is 11.4 Å². The van der Waals surface area contributed by atoms with Crippen LogP contribution in [0.5, 0.6) is 0 Å². The van der Waals surface area contributed by atoms with E-state index < -0.39 is 5.91 Å². The maximum absolute atomic E-state index is 12.8. The fourth-order valence-electron chi connectivity index (χ4n) is 3.06. The number of amides is 1. The van der Waals surface area contributed by atoms with Crippen molar-refractivity contribution in [3.63, 3.8) is 0 Å². The second kappa shape index (κ2) is 5.99. The Balaban J connectivity index is 1.68. The number of hydrogen-bond acceptors (Lipinski definition) is 6. The van der Waals surface area contributed by atoms with Crippen molar-refractivity contribution < 1.29 is 10.0 Å². The molecule has 3 N–H and O–H groups in total. The van der Waals surface area contributed by atoms with Gasteiger partial charge in [0.05, 0.1) is 12.1 Å². The highest BCUT2D eigenvalue weighted by atomic mass is 16.5. The quantitative estimate of drug-likeness (QED) is 0.475. The van der Waals surface area contributed by atoms with Crippen LogP contribution in [0.15, 0.2) is 41.5 Å². The van der Waals surface area contributed by atoms with E-state index in [4.69, 9.17) is 5.21 Å². The zero-order valence-electron chi connectivity index (χ0n) is 13.2. The van der Waals surface area contributed by atoms with Gasteiger partial charge in [-0.15, -0.1) is 0 Å². The number of benzene rings is 1. The number of fused-ring (bicyclic) bond motifs is 2. The smallest absolute Gasteiger partial charge is 0.277 e. The summed E-state index contributed by atoms with van der Waals surface area (Å²) in [4.78, 5) is 37.7. The van der Waals surface area contributed by atoms with Gasteiger partial charge in [-0.2, -0.15) is 0 Å². The molecule has 0 radical (unpaired) electrons. The van der Waals surface area contributed by atoms with E-state index >= 15 is 0 Å². The molecule has 3 heterocycles. The summed E-state index contributed by atoms with van der Waals surface area (Å²) in [7, 11) is 0. The number of nitrogens with one attached hydrogen (secondary N) is 2. The number of anilines is 1. The number of H-pyrrole nitrogens is 1. The number of hydrogen-bond donors (Lipinski definition) is 3. The van der Waals surface area contributed by atoms with Gasteiger partial charge in [0.25, 0.3) is 5.91 Å². The summed E-state index contributed by atoms with van der Waals surface area (Å²) in [5.74, 6) is -0.230. The Hall–Kier alpha value is -3.26. The molecule has 126 valence electrons. The molecule has 0 fully saturated rings. The Morgan fingerprint density at radius 3 is 2.76 bits per heavy atom. The van der Waals surface area contributed by atoms with E-state index in [-0.39, 0.29) is 11.0 Å². The van der Waals surface area contributed by atoms with E-state index in [1.54, 1.807) is 0 Å². The van der Waals surface area contributed by atoms with Gasteiger partial charge < -0.3 is 9.88 Å². The number of carbonyl (C=O) groups is 1. The molecule has 8 heteroatoms. The van der Waals surface area contributed by atoms with Crippen molar-refractivity contribution in [3.8, 4) is 0 Å². The Kier molecular flexibility index (Phi) is 3.66. The zero-order valence-corrected chi connectivity index (χ0v) is 13.2. The molecule has 1 amide bonds. The summed E-state index contributed by atoms with van der Waals surface area (Å²) in [6.45, 7) is 1.06. The number of aromatic amines is 1. The van der Waals surface area contributed by atoms with Gasteiger partial charge in [0.15, 0.2) is 5.43 Å². The van der Waals surface area contributed by atoms with Crippen molar-refractivity contribution in [3.05, 3.63) is 63.7 Å². The fraction of sp³-hybridized carbons (Fsp3) is 0.176. The summed E-state index contributed by atoms with van der Waals surface area (Å²) in [6, 6.07) is 7.46. The van der Waals surface area contributed by atoms with Crippen molar-refractivity contribution in [1.29, 1.82) is 0 Å². The number of aromatic nitrogens is 3. The highest BCUT2D eigenvalue weighted by Crippen LogP contribution is 2.21. The van der Waals surface area contributed by atoms with Crippen molar-refractivity contribution in [2.45, 2.75) is 13.0 Å². The van der Waals surface area contributed by atoms with E-state index in [2.05, 4.69) is 15.0 Å². The Labute approximate surface area is 142 Å². The molecule has 0 saturated heterocycles. The predicted molar refractivity (Wildman–Crippen MR) is 90.6 cm³/mol. The lowest BCUT2D eigenvalue weighted by Crippen LogP contribution is -2.36. The zero-order chi connectivity index (χ0) is 17.4. The van der Waals surface area contributed by atoms with Gasteiger partial charge in [-0.05, 0) is 12.1 Å². The Bertz CT molecular complexity index is 1010. The first-order valence-electron chi connectivity index (χ1n) is 7.81. The van der Waals surface area contributed by atoms with Gasteiger partial charge in [0.2, 0.25) is 5.95 Å². The lowest BCUT2D eigenvalue weighted by Gasteiger charge is -2.28. The third-order valence-corrected chi connectivity index (χ3v) is 4.36. The van der Waals surface area contributed by atoms with Crippen LogP contribution in [0, 0.1) is 0 Å². The SMILES string of the molecule is O=C(NO)c1cnc(N2CCc3[nH]c4ccccc4c(=O)c3C2)nc1. The standard InChI is InChI=1S/C17H15N5O3/c23-15-11-3-1-2-4-13(11)20-14-5-6-22(9-12(14)15)17-18-7-10(8-19-17)16(24)21-25/h1-4,7-8,25H,5-6,9H2,(H,20,23)(H,21,24). The molecule has 0 aliphatic carbocycles. The summed E-state index contributed by atoms with van der Waals surface area (Å²) in [5, 5.41) is 9.29. The van der Waals surface area contributed by atoms with E-state index in [0.29, 0.717) is 36.4 Å². The van der Waals surface area contributed by atoms with Gasteiger partial charge in [-0.25, -0.2) is 15.4 Å². The van der Waals surface area contributed by atoms with E-state index in [0.717, 1.165) is 11.2 Å². The number of nitrogens with zero attached hydrogens (tertiary/aromatic N) is 3. The minimum absolute atomic E-state index is 0.0188. The topological polar surface area (TPSA) is 111 Å². The van der Waals surface area contributed by atoms with Crippen molar-refractivity contribution in [1.82, 2.24) is 20.4 Å². The van der Waals surface area contributed by atoms with Crippen LogP contribution in [0.3, 0.4) is 0 Å². The van der Waals surface area contributed by atoms with Crippen LogP contribution < -0.4 is 15.8 Å². The highest BCUT2D eigenvalue weighted by molar-refractivity contribution is 5.92. The average Bonchev–Trinajstić information content (AvgIpc) is 2.67.